The Kier molecular flexibility index (Phi) is 3.40. The van der Waals surface area contributed by atoms with Crippen molar-refractivity contribution >= 4 is 11.7 Å². The third kappa shape index (κ3) is 2.39. The minimum atomic E-state index is -0.104. The van der Waals surface area contributed by atoms with Gasteiger partial charge in [-0.05, 0) is 56.1 Å². The molecule has 4 unspecified atom stereocenters. The van der Waals surface area contributed by atoms with Gasteiger partial charge in [-0.1, -0.05) is 6.42 Å². The molecule has 2 aliphatic carbocycles. The Hall–Kier alpha value is -1.58. The molecule has 0 saturated heterocycles. The van der Waals surface area contributed by atoms with E-state index < -0.39 is 0 Å². The van der Waals surface area contributed by atoms with Gasteiger partial charge in [-0.25, -0.2) is 0 Å². The van der Waals surface area contributed by atoms with Gasteiger partial charge in [0.1, 0.15) is 5.69 Å². The highest BCUT2D eigenvalue weighted by atomic mass is 16.2. The SMILES string of the molecule is CC(=O)c1ccc(C(=O)NC(C)C2CC3CCC2C3)[nH]1. The molecule has 0 radical (unpaired) electrons. The monoisotopic (exact) mass is 274 g/mol. The van der Waals surface area contributed by atoms with Gasteiger partial charge in [-0.2, -0.15) is 0 Å². The first-order valence-electron chi connectivity index (χ1n) is 7.55. The number of amides is 1. The molecule has 2 bridgehead atoms. The smallest absolute Gasteiger partial charge is 0.267 e. The fourth-order valence-corrected chi connectivity index (χ4v) is 4.03. The van der Waals surface area contributed by atoms with Crippen LogP contribution in [0.2, 0.25) is 0 Å². The molecular formula is C16H22N2O2. The second-order valence-corrected chi connectivity index (χ2v) is 6.44. The van der Waals surface area contributed by atoms with Crippen LogP contribution in [-0.2, 0) is 0 Å². The van der Waals surface area contributed by atoms with Gasteiger partial charge in [0.2, 0.25) is 0 Å². The molecule has 0 spiro atoms. The predicted molar refractivity (Wildman–Crippen MR) is 76.7 cm³/mol. The first kappa shape index (κ1) is 13.4. The number of rotatable bonds is 4. The average Bonchev–Trinajstić information content (AvgIpc) is 3.14. The molecule has 1 aromatic rings. The van der Waals surface area contributed by atoms with Crippen molar-refractivity contribution in [3.8, 4) is 0 Å². The molecule has 3 rings (SSSR count). The summed E-state index contributed by atoms with van der Waals surface area (Å²) in [5.41, 5.74) is 0.966. The number of aromatic amines is 1. The maximum absolute atomic E-state index is 12.2. The van der Waals surface area contributed by atoms with Gasteiger partial charge in [0.15, 0.2) is 5.78 Å². The van der Waals surface area contributed by atoms with Gasteiger partial charge in [0.05, 0.1) is 5.69 Å². The lowest BCUT2D eigenvalue weighted by molar-refractivity contribution is 0.0911. The van der Waals surface area contributed by atoms with Crippen molar-refractivity contribution < 1.29 is 9.59 Å². The van der Waals surface area contributed by atoms with Crippen LogP contribution in [0.4, 0.5) is 0 Å². The molecule has 0 aliphatic heterocycles. The van der Waals surface area contributed by atoms with Crippen LogP contribution < -0.4 is 5.32 Å². The number of nitrogens with one attached hydrogen (secondary N) is 2. The first-order valence-corrected chi connectivity index (χ1v) is 7.55. The van der Waals surface area contributed by atoms with Crippen molar-refractivity contribution in [2.75, 3.05) is 0 Å². The third-order valence-electron chi connectivity index (χ3n) is 5.10. The number of hydrogen-bond donors (Lipinski definition) is 2. The van der Waals surface area contributed by atoms with Gasteiger partial charge >= 0.3 is 0 Å². The van der Waals surface area contributed by atoms with Crippen LogP contribution in [0.3, 0.4) is 0 Å². The Bertz CT molecular complexity index is 534. The molecule has 2 saturated carbocycles. The van der Waals surface area contributed by atoms with E-state index in [1.807, 2.05) is 0 Å². The number of ketones is 1. The van der Waals surface area contributed by atoms with Crippen LogP contribution in [0.15, 0.2) is 12.1 Å². The summed E-state index contributed by atoms with van der Waals surface area (Å²) in [6, 6.07) is 3.56. The topological polar surface area (TPSA) is 62.0 Å². The molecule has 4 nitrogen and oxygen atoms in total. The van der Waals surface area contributed by atoms with E-state index >= 15 is 0 Å². The van der Waals surface area contributed by atoms with Crippen molar-refractivity contribution in [2.24, 2.45) is 17.8 Å². The van der Waals surface area contributed by atoms with Gasteiger partial charge < -0.3 is 10.3 Å². The number of carbonyl (C=O) groups is 2. The van der Waals surface area contributed by atoms with Crippen molar-refractivity contribution in [3.05, 3.63) is 23.5 Å². The highest BCUT2D eigenvalue weighted by Gasteiger charge is 2.42. The summed E-state index contributed by atoms with van der Waals surface area (Å²) in [6.45, 7) is 3.60. The zero-order chi connectivity index (χ0) is 14.3. The largest absolute Gasteiger partial charge is 0.348 e. The van der Waals surface area contributed by atoms with Gasteiger partial charge in [-0.15, -0.1) is 0 Å². The Balaban J connectivity index is 1.62. The van der Waals surface area contributed by atoms with Crippen molar-refractivity contribution in [1.29, 1.82) is 0 Å². The standard InChI is InChI=1S/C16H22N2O2/c1-9(13-8-11-3-4-12(13)7-11)17-16(20)15-6-5-14(18-15)10(2)19/h5-6,9,11-13,18H,3-4,7-8H2,1-2H3,(H,17,20). The zero-order valence-electron chi connectivity index (χ0n) is 12.1. The lowest BCUT2D eigenvalue weighted by Gasteiger charge is -2.28. The second-order valence-electron chi connectivity index (χ2n) is 6.44. The highest BCUT2D eigenvalue weighted by molar-refractivity contribution is 5.97. The molecule has 1 aromatic heterocycles. The number of Topliss-reactive ketones (excluding diaryl/α,β-unsaturated/α-hetero) is 1. The maximum Gasteiger partial charge on any atom is 0.267 e. The summed E-state index contributed by atoms with van der Waals surface area (Å²) in [5.74, 6) is 2.16. The molecular weight excluding hydrogens is 252 g/mol. The first-order chi connectivity index (χ1) is 9.54. The van der Waals surface area contributed by atoms with Crippen LogP contribution in [0.5, 0.6) is 0 Å². The van der Waals surface area contributed by atoms with E-state index in [1.54, 1.807) is 12.1 Å². The summed E-state index contributed by atoms with van der Waals surface area (Å²) < 4.78 is 0. The number of hydrogen-bond acceptors (Lipinski definition) is 2. The average molecular weight is 274 g/mol. The zero-order valence-corrected chi connectivity index (χ0v) is 12.1. The van der Waals surface area contributed by atoms with Crippen LogP contribution in [0.25, 0.3) is 0 Å². The molecule has 4 atom stereocenters. The second kappa shape index (κ2) is 5.08. The lowest BCUT2D eigenvalue weighted by atomic mass is 9.84. The fourth-order valence-electron chi connectivity index (χ4n) is 4.03. The predicted octanol–water partition coefficient (Wildman–Crippen LogP) is 2.77. The minimum Gasteiger partial charge on any atom is -0.348 e. The Morgan fingerprint density at radius 2 is 2.00 bits per heavy atom. The van der Waals surface area contributed by atoms with E-state index in [0.29, 0.717) is 17.3 Å². The molecule has 4 heteroatoms. The molecule has 2 aliphatic rings. The van der Waals surface area contributed by atoms with E-state index in [-0.39, 0.29) is 17.7 Å². The quantitative estimate of drug-likeness (QED) is 0.829. The fraction of sp³-hybridized carbons (Fsp3) is 0.625. The molecule has 2 fully saturated rings. The Morgan fingerprint density at radius 1 is 1.25 bits per heavy atom. The minimum absolute atomic E-state index is 0.0507. The van der Waals surface area contributed by atoms with Gasteiger partial charge in [0, 0.05) is 13.0 Å². The summed E-state index contributed by atoms with van der Waals surface area (Å²) in [5, 5.41) is 3.09. The van der Waals surface area contributed by atoms with Crippen LogP contribution in [-0.4, -0.2) is 22.7 Å². The molecule has 1 amide bonds. The van der Waals surface area contributed by atoms with Gasteiger partial charge in [0.25, 0.3) is 5.91 Å². The molecule has 108 valence electrons. The van der Waals surface area contributed by atoms with E-state index in [9.17, 15) is 9.59 Å². The number of fused-ring (bicyclic) bond motifs is 2. The van der Waals surface area contributed by atoms with Crippen LogP contribution >= 0.6 is 0 Å². The maximum atomic E-state index is 12.2. The van der Waals surface area contributed by atoms with E-state index in [1.165, 1.54) is 32.6 Å². The molecule has 20 heavy (non-hydrogen) atoms. The van der Waals surface area contributed by atoms with Crippen LogP contribution in [0.1, 0.15) is 60.5 Å². The van der Waals surface area contributed by atoms with E-state index in [2.05, 4.69) is 17.2 Å². The summed E-state index contributed by atoms with van der Waals surface area (Å²) in [4.78, 5) is 26.3. The summed E-state index contributed by atoms with van der Waals surface area (Å²) in [6.07, 6.45) is 5.31. The normalized spacial score (nSPS) is 29.4. The van der Waals surface area contributed by atoms with Crippen molar-refractivity contribution in [2.45, 2.75) is 45.6 Å². The Morgan fingerprint density at radius 3 is 2.55 bits per heavy atom. The van der Waals surface area contributed by atoms with E-state index in [0.717, 1.165) is 11.8 Å². The summed E-state index contributed by atoms with van der Waals surface area (Å²) in [7, 11) is 0. The van der Waals surface area contributed by atoms with Gasteiger partial charge in [-0.3, -0.25) is 9.59 Å². The number of carbonyl (C=O) groups excluding carboxylic acids is 2. The lowest BCUT2D eigenvalue weighted by Crippen LogP contribution is -2.40. The van der Waals surface area contributed by atoms with E-state index in [4.69, 9.17) is 0 Å². The van der Waals surface area contributed by atoms with Crippen LogP contribution in [0, 0.1) is 17.8 Å². The Labute approximate surface area is 119 Å². The van der Waals surface area contributed by atoms with Crippen molar-refractivity contribution in [1.82, 2.24) is 10.3 Å². The number of H-pyrrole nitrogens is 1. The molecule has 0 aromatic carbocycles. The third-order valence-corrected chi connectivity index (χ3v) is 5.10. The molecule has 2 N–H and O–H groups in total. The number of aromatic nitrogens is 1. The summed E-state index contributed by atoms with van der Waals surface area (Å²) >= 11 is 0. The molecule has 1 heterocycles. The highest BCUT2D eigenvalue weighted by Crippen LogP contribution is 2.49. The van der Waals surface area contributed by atoms with Crippen molar-refractivity contribution in [3.63, 3.8) is 0 Å².